The molecule has 152 valence electrons. The van der Waals surface area contributed by atoms with Crippen LogP contribution in [0.4, 0.5) is 5.69 Å². The smallest absolute Gasteiger partial charge is 0.271 e. The maximum Gasteiger partial charge on any atom is 0.271 e. The predicted molar refractivity (Wildman–Crippen MR) is 118 cm³/mol. The molecule has 1 saturated heterocycles. The summed E-state index contributed by atoms with van der Waals surface area (Å²) in [7, 11) is 0. The van der Waals surface area contributed by atoms with Crippen molar-refractivity contribution in [3.63, 3.8) is 0 Å². The van der Waals surface area contributed by atoms with Crippen LogP contribution in [-0.4, -0.2) is 30.0 Å². The van der Waals surface area contributed by atoms with Gasteiger partial charge in [0.15, 0.2) is 11.4 Å². The molecular formula is C24H36N3O+. The fourth-order valence-corrected chi connectivity index (χ4v) is 5.90. The van der Waals surface area contributed by atoms with Crippen LogP contribution in [-0.2, 0) is 0 Å². The van der Waals surface area contributed by atoms with Gasteiger partial charge in [-0.1, -0.05) is 37.8 Å². The van der Waals surface area contributed by atoms with Gasteiger partial charge in [-0.25, -0.2) is 0 Å². The van der Waals surface area contributed by atoms with E-state index < -0.39 is 0 Å². The van der Waals surface area contributed by atoms with Crippen molar-refractivity contribution in [1.82, 2.24) is 9.47 Å². The number of carbonyl (C=O) groups is 1. The normalized spacial score (nSPS) is 22.1. The van der Waals surface area contributed by atoms with E-state index in [2.05, 4.69) is 23.2 Å². The Bertz CT molecular complexity index is 793. The summed E-state index contributed by atoms with van der Waals surface area (Å²) >= 11 is 0. The van der Waals surface area contributed by atoms with Crippen molar-refractivity contribution < 1.29 is 4.79 Å². The Morgan fingerprint density at radius 3 is 2.07 bits per heavy atom. The van der Waals surface area contributed by atoms with E-state index in [0.717, 1.165) is 23.1 Å². The van der Waals surface area contributed by atoms with Gasteiger partial charge in [-0.15, -0.1) is 0 Å². The van der Waals surface area contributed by atoms with E-state index in [1.807, 2.05) is 6.07 Å². The van der Waals surface area contributed by atoms with Crippen LogP contribution in [0, 0.1) is 0 Å². The summed E-state index contributed by atoms with van der Waals surface area (Å²) < 4.78 is 0.974. The second-order valence-corrected chi connectivity index (χ2v) is 9.01. The zero-order valence-electron chi connectivity index (χ0n) is 17.2. The first-order valence-electron chi connectivity index (χ1n) is 11.5. The van der Waals surface area contributed by atoms with Gasteiger partial charge in [0.1, 0.15) is 0 Å². The Labute approximate surface area is 169 Å². The number of fused-ring (bicyclic) bond motifs is 1. The first-order valence-corrected chi connectivity index (χ1v) is 11.5. The van der Waals surface area contributed by atoms with Crippen LogP contribution in [0.2, 0.25) is 0 Å². The molecule has 1 amide bonds. The third-order valence-corrected chi connectivity index (χ3v) is 7.26. The van der Waals surface area contributed by atoms with Crippen LogP contribution in [0.5, 0.6) is 0 Å². The lowest BCUT2D eigenvalue weighted by Crippen LogP contribution is -2.59. The number of hydrogen-bond acceptors (Lipinski definition) is 1. The number of aromatic amines is 1. The summed E-state index contributed by atoms with van der Waals surface area (Å²) in [5, 5.41) is 1.21. The molecule has 1 saturated carbocycles. The number of nitrogens with one attached hydrogen (secondary N) is 1. The molecule has 2 heterocycles. The van der Waals surface area contributed by atoms with Gasteiger partial charge < -0.3 is 10.7 Å². The summed E-state index contributed by atoms with van der Waals surface area (Å²) in [4.78, 5) is 15.9. The number of benzene rings is 1. The number of para-hydroxylation sites is 1. The Morgan fingerprint density at radius 1 is 0.857 bits per heavy atom. The lowest BCUT2D eigenvalue weighted by Gasteiger charge is -2.46. The average molecular weight is 383 g/mol. The van der Waals surface area contributed by atoms with Crippen LogP contribution in [0.25, 0.3) is 10.9 Å². The average Bonchev–Trinajstić information content (AvgIpc) is 3.03. The van der Waals surface area contributed by atoms with Crippen molar-refractivity contribution >= 4 is 22.5 Å². The minimum absolute atomic E-state index is 0.309. The van der Waals surface area contributed by atoms with Gasteiger partial charge in [0.2, 0.25) is 0 Å². The maximum absolute atomic E-state index is 12.5. The molecule has 2 aliphatic rings. The number of primary amides is 1. The molecule has 4 nitrogen and oxygen atoms in total. The van der Waals surface area contributed by atoms with Gasteiger partial charge in [-0.05, 0) is 63.5 Å². The Hall–Kier alpha value is -1.81. The van der Waals surface area contributed by atoms with Crippen molar-refractivity contribution in [1.29, 1.82) is 0 Å². The second kappa shape index (κ2) is 8.69. The molecule has 4 rings (SSSR count). The zero-order valence-corrected chi connectivity index (χ0v) is 17.2. The van der Waals surface area contributed by atoms with E-state index >= 15 is 0 Å². The van der Waals surface area contributed by atoms with Crippen LogP contribution in [0.3, 0.4) is 0 Å². The Balaban J connectivity index is 1.88. The van der Waals surface area contributed by atoms with Crippen LogP contribution < -0.4 is 10.2 Å². The van der Waals surface area contributed by atoms with E-state index in [1.54, 1.807) is 0 Å². The van der Waals surface area contributed by atoms with Gasteiger partial charge in [0.25, 0.3) is 5.91 Å². The summed E-state index contributed by atoms with van der Waals surface area (Å²) in [6.07, 6.45) is 15.7. The fourth-order valence-electron chi connectivity index (χ4n) is 5.90. The predicted octanol–water partition coefficient (Wildman–Crippen LogP) is 5.65. The standard InChI is InChI=1S/C24H35N3O/c25-24(28)22-23(20-15-9-10-16-21(20)26-22)27(17-11-5-2-6-12-18-27)19-13-7-3-1-4-8-14-19/h9-10,15-16,19H,1-8,11-14,17-18H2,(H2-,25,26,28)/p+1. The summed E-state index contributed by atoms with van der Waals surface area (Å²) in [6, 6.07) is 9.03. The lowest BCUT2D eigenvalue weighted by atomic mass is 9.90. The highest BCUT2D eigenvalue weighted by atomic mass is 16.1. The van der Waals surface area contributed by atoms with E-state index in [1.165, 1.54) is 88.1 Å². The van der Waals surface area contributed by atoms with E-state index in [-0.39, 0.29) is 5.91 Å². The number of amides is 1. The van der Waals surface area contributed by atoms with Crippen LogP contribution in [0.15, 0.2) is 24.3 Å². The quantitative estimate of drug-likeness (QED) is 0.662. The van der Waals surface area contributed by atoms with Crippen molar-refractivity contribution in [2.45, 2.75) is 83.1 Å². The largest absolute Gasteiger partial charge is 0.364 e. The molecule has 2 aromatic rings. The first kappa shape index (κ1) is 19.5. The molecule has 1 aromatic carbocycles. The monoisotopic (exact) mass is 382 g/mol. The molecule has 2 fully saturated rings. The first-order chi connectivity index (χ1) is 13.7. The third-order valence-electron chi connectivity index (χ3n) is 7.26. The summed E-state index contributed by atoms with van der Waals surface area (Å²) in [6.45, 7) is 2.29. The van der Waals surface area contributed by atoms with Gasteiger partial charge in [-0.2, -0.15) is 0 Å². The zero-order chi connectivity index (χ0) is 19.4. The number of likely N-dealkylation sites (tertiary alicyclic amines) is 1. The number of nitrogens with two attached hydrogens (primary N) is 1. The second-order valence-electron chi connectivity index (χ2n) is 9.01. The van der Waals surface area contributed by atoms with Gasteiger partial charge in [-0.3, -0.25) is 9.28 Å². The van der Waals surface area contributed by atoms with Gasteiger partial charge in [0, 0.05) is 0 Å². The Kier molecular flexibility index (Phi) is 6.05. The molecule has 0 bridgehead atoms. The SMILES string of the molecule is NC(=O)c1[nH]c2ccccc2c1[N+]1(C2CCCCCCC2)CCCCCCC1. The molecule has 1 aliphatic carbocycles. The summed E-state index contributed by atoms with van der Waals surface area (Å²) in [5.74, 6) is -0.309. The molecule has 4 heteroatoms. The molecule has 0 atom stereocenters. The van der Waals surface area contributed by atoms with Crippen molar-refractivity contribution in [3.05, 3.63) is 30.0 Å². The molecule has 3 N–H and O–H groups in total. The van der Waals surface area contributed by atoms with Crippen molar-refractivity contribution in [2.24, 2.45) is 5.73 Å². The lowest BCUT2D eigenvalue weighted by molar-refractivity contribution is 0.0988. The number of nitrogens with zero attached hydrogens (tertiary/aromatic N) is 1. The highest BCUT2D eigenvalue weighted by Crippen LogP contribution is 2.42. The van der Waals surface area contributed by atoms with Crippen molar-refractivity contribution in [2.75, 3.05) is 13.1 Å². The fraction of sp³-hybridized carbons (Fsp3) is 0.625. The molecule has 1 aliphatic heterocycles. The van der Waals surface area contributed by atoms with E-state index in [9.17, 15) is 4.79 Å². The van der Waals surface area contributed by atoms with Crippen LogP contribution >= 0.6 is 0 Å². The number of hydrogen-bond donors (Lipinski definition) is 2. The number of aromatic nitrogens is 1. The molecule has 0 spiro atoms. The number of rotatable bonds is 3. The third kappa shape index (κ3) is 3.71. The topological polar surface area (TPSA) is 58.9 Å². The Morgan fingerprint density at radius 2 is 1.43 bits per heavy atom. The number of quaternary nitrogens is 1. The van der Waals surface area contributed by atoms with Crippen molar-refractivity contribution in [3.8, 4) is 0 Å². The van der Waals surface area contributed by atoms with E-state index in [4.69, 9.17) is 5.73 Å². The maximum atomic E-state index is 12.5. The van der Waals surface area contributed by atoms with Crippen LogP contribution in [0.1, 0.15) is 87.5 Å². The molecular weight excluding hydrogens is 346 g/mol. The number of H-pyrrole nitrogens is 1. The van der Waals surface area contributed by atoms with Gasteiger partial charge >= 0.3 is 0 Å². The summed E-state index contributed by atoms with van der Waals surface area (Å²) in [5.41, 5.74) is 8.83. The molecule has 0 unspecified atom stereocenters. The molecule has 0 radical (unpaired) electrons. The van der Waals surface area contributed by atoms with E-state index in [0.29, 0.717) is 11.7 Å². The molecule has 28 heavy (non-hydrogen) atoms. The highest BCUT2D eigenvalue weighted by molar-refractivity contribution is 6.07. The highest BCUT2D eigenvalue weighted by Gasteiger charge is 2.43. The minimum atomic E-state index is -0.309. The number of carbonyl (C=O) groups excluding carboxylic acids is 1. The van der Waals surface area contributed by atoms with Gasteiger partial charge in [0.05, 0.1) is 30.0 Å². The minimum Gasteiger partial charge on any atom is -0.364 e. The molecule has 1 aromatic heterocycles.